The van der Waals surface area contributed by atoms with Crippen molar-refractivity contribution in [1.29, 1.82) is 0 Å². The summed E-state index contributed by atoms with van der Waals surface area (Å²) in [5.74, 6) is -0.0890. The van der Waals surface area contributed by atoms with E-state index in [-0.39, 0.29) is 71.0 Å². The van der Waals surface area contributed by atoms with Gasteiger partial charge in [-0.15, -0.1) is 0 Å². The van der Waals surface area contributed by atoms with Gasteiger partial charge in [0.2, 0.25) is 0 Å². The number of aliphatic hydroxyl groups excluding tert-OH is 1. The average Bonchev–Trinajstić information content (AvgIpc) is 3.65. The van der Waals surface area contributed by atoms with Crippen LogP contribution < -0.4 is 26.4 Å². The van der Waals surface area contributed by atoms with Crippen LogP contribution in [0.3, 0.4) is 0 Å². The van der Waals surface area contributed by atoms with Crippen molar-refractivity contribution in [2.75, 3.05) is 14.2 Å². The number of aromatic nitrogens is 5. The molecule has 4 aromatic rings. The molecule has 1 N–H and O–H groups in total. The summed E-state index contributed by atoms with van der Waals surface area (Å²) in [6.07, 6.45) is 2.99. The molecule has 0 saturated heterocycles. The maximum atomic E-state index is 14.0. The van der Waals surface area contributed by atoms with Gasteiger partial charge in [-0.05, 0) is 33.6 Å². The molecule has 3 aromatic heterocycles. The molecular formula is C32H28BrN5O9. The summed E-state index contributed by atoms with van der Waals surface area (Å²) in [6.45, 7) is -0.466. The summed E-state index contributed by atoms with van der Waals surface area (Å²) in [5, 5.41) is 9.63. The normalized spacial score (nSPS) is 18.9. The van der Waals surface area contributed by atoms with E-state index in [4.69, 9.17) is 13.9 Å². The van der Waals surface area contributed by atoms with Crippen molar-refractivity contribution < 1.29 is 28.6 Å². The number of ketones is 2. The molecule has 1 aromatic carbocycles. The predicted octanol–water partition coefficient (Wildman–Crippen LogP) is 1.80. The van der Waals surface area contributed by atoms with Crippen molar-refractivity contribution in [3.8, 4) is 11.5 Å². The number of rotatable bonds is 7. The van der Waals surface area contributed by atoms with Crippen LogP contribution in [-0.2, 0) is 42.8 Å². The first-order valence-corrected chi connectivity index (χ1v) is 15.5. The number of ether oxygens (including phenoxy) is 2. The van der Waals surface area contributed by atoms with E-state index < -0.39 is 29.1 Å². The third-order valence-electron chi connectivity index (χ3n) is 9.02. The number of halogens is 1. The molecule has 2 atom stereocenters. The van der Waals surface area contributed by atoms with Crippen molar-refractivity contribution in [2.24, 2.45) is 7.05 Å². The quantitative estimate of drug-likeness (QED) is 0.221. The first-order valence-electron chi connectivity index (χ1n) is 14.7. The van der Waals surface area contributed by atoms with E-state index in [1.165, 1.54) is 34.2 Å². The van der Waals surface area contributed by atoms with Gasteiger partial charge in [0.05, 0.1) is 48.2 Å². The number of carbonyl (C=O) groups excluding carboxylic acids is 2. The fourth-order valence-electron chi connectivity index (χ4n) is 6.77. The molecule has 0 amide bonds. The Balaban J connectivity index is 1.28. The van der Waals surface area contributed by atoms with Gasteiger partial charge in [-0.2, -0.15) is 0 Å². The molecule has 1 aliphatic heterocycles. The lowest BCUT2D eigenvalue weighted by atomic mass is 9.70. The maximum absolute atomic E-state index is 14.0. The summed E-state index contributed by atoms with van der Waals surface area (Å²) < 4.78 is 21.8. The number of nitrogens with zero attached hydrogens (tertiary/aromatic N) is 5. The van der Waals surface area contributed by atoms with Gasteiger partial charge in [0.25, 0.3) is 5.56 Å². The van der Waals surface area contributed by atoms with Crippen LogP contribution in [0.15, 0.2) is 76.4 Å². The number of carbonyl (C=O) groups is 2. The first kappa shape index (κ1) is 30.6. The lowest BCUT2D eigenvalue weighted by Crippen LogP contribution is -2.40. The molecular weight excluding hydrogens is 678 g/mol. The Kier molecular flexibility index (Phi) is 7.39. The molecule has 15 heteroatoms. The predicted molar refractivity (Wildman–Crippen MR) is 170 cm³/mol. The van der Waals surface area contributed by atoms with Gasteiger partial charge >= 0.3 is 11.4 Å². The Morgan fingerprint density at radius 1 is 1.06 bits per heavy atom. The zero-order valence-corrected chi connectivity index (χ0v) is 27.1. The van der Waals surface area contributed by atoms with Gasteiger partial charge in [0.15, 0.2) is 23.1 Å². The molecule has 3 aliphatic rings. The van der Waals surface area contributed by atoms with Crippen LogP contribution in [0.2, 0.25) is 0 Å². The molecule has 2 aliphatic carbocycles. The summed E-state index contributed by atoms with van der Waals surface area (Å²) in [4.78, 5) is 72.1. The Morgan fingerprint density at radius 3 is 2.51 bits per heavy atom. The highest BCUT2D eigenvalue weighted by Crippen LogP contribution is 2.50. The molecule has 242 valence electrons. The molecule has 7 rings (SSSR count). The fourth-order valence-corrected chi connectivity index (χ4v) is 7.22. The van der Waals surface area contributed by atoms with E-state index in [0.717, 1.165) is 4.57 Å². The SMILES string of the molecule is COc1cc2nc(CCn3c(=O)n4n(c3=O)[C@@H]3CC5=C(C(=O)C=C(Br)C5=O)[C@@H](c5ccc(CO)o5)C3=CC4)c(=O)n(C)c2cc1OC. The molecule has 4 heterocycles. The number of Topliss-reactive ketones (excluding diaryl/α,β-unsaturated/α-hetero) is 1. The lowest BCUT2D eigenvalue weighted by molar-refractivity contribution is -0.115. The van der Waals surface area contributed by atoms with E-state index in [9.17, 15) is 29.1 Å². The minimum absolute atomic E-state index is 0.000173. The molecule has 14 nitrogen and oxygen atoms in total. The summed E-state index contributed by atoms with van der Waals surface area (Å²) in [7, 11) is 4.58. The van der Waals surface area contributed by atoms with Gasteiger partial charge in [0.1, 0.15) is 23.8 Å². The third-order valence-corrected chi connectivity index (χ3v) is 9.61. The highest BCUT2D eigenvalue weighted by Gasteiger charge is 2.46. The van der Waals surface area contributed by atoms with E-state index in [0.29, 0.717) is 33.9 Å². The Morgan fingerprint density at radius 2 is 1.81 bits per heavy atom. The zero-order chi connectivity index (χ0) is 33.3. The van der Waals surface area contributed by atoms with E-state index >= 15 is 0 Å². The summed E-state index contributed by atoms with van der Waals surface area (Å²) in [6, 6.07) is 5.74. The van der Waals surface area contributed by atoms with Crippen molar-refractivity contribution in [2.45, 2.75) is 44.5 Å². The van der Waals surface area contributed by atoms with Crippen molar-refractivity contribution in [3.63, 3.8) is 0 Å². The van der Waals surface area contributed by atoms with Crippen LogP contribution in [0, 0.1) is 0 Å². The number of benzene rings is 1. The van der Waals surface area contributed by atoms with Crippen LogP contribution in [0.25, 0.3) is 11.0 Å². The highest BCUT2D eigenvalue weighted by atomic mass is 79.9. The van der Waals surface area contributed by atoms with Gasteiger partial charge in [-0.1, -0.05) is 6.08 Å². The lowest BCUT2D eigenvalue weighted by Gasteiger charge is -2.38. The molecule has 47 heavy (non-hydrogen) atoms. The van der Waals surface area contributed by atoms with Crippen LogP contribution in [0.1, 0.15) is 35.6 Å². The van der Waals surface area contributed by atoms with Crippen LogP contribution in [0.5, 0.6) is 11.5 Å². The Labute approximate surface area is 273 Å². The second-order valence-electron chi connectivity index (χ2n) is 11.4. The molecule has 0 fully saturated rings. The van der Waals surface area contributed by atoms with Crippen LogP contribution >= 0.6 is 15.9 Å². The van der Waals surface area contributed by atoms with Crippen LogP contribution in [0.4, 0.5) is 0 Å². The smallest absolute Gasteiger partial charge is 0.347 e. The molecule has 0 radical (unpaired) electrons. The number of fused-ring (bicyclic) bond motifs is 4. The van der Waals surface area contributed by atoms with E-state index in [1.54, 1.807) is 37.4 Å². The summed E-state index contributed by atoms with van der Waals surface area (Å²) in [5.41, 5.74) is 0.636. The largest absolute Gasteiger partial charge is 0.493 e. The van der Waals surface area contributed by atoms with Crippen molar-refractivity contribution in [3.05, 3.63) is 106 Å². The second-order valence-corrected chi connectivity index (χ2v) is 12.3. The number of hydrogen-bond acceptors (Lipinski definition) is 10. The van der Waals surface area contributed by atoms with Gasteiger partial charge in [0, 0.05) is 55.8 Å². The number of aryl methyl sites for hydroxylation is 2. The van der Waals surface area contributed by atoms with E-state index in [1.807, 2.05) is 0 Å². The van der Waals surface area contributed by atoms with Gasteiger partial charge in [-0.25, -0.2) is 28.5 Å². The van der Waals surface area contributed by atoms with Gasteiger partial charge in [-0.3, -0.25) is 14.4 Å². The number of furan rings is 1. The molecule has 0 bridgehead atoms. The van der Waals surface area contributed by atoms with Crippen molar-refractivity contribution in [1.82, 2.24) is 23.5 Å². The summed E-state index contributed by atoms with van der Waals surface area (Å²) >= 11 is 3.19. The Hall–Kier alpha value is -5.02. The number of aliphatic hydroxyl groups is 1. The van der Waals surface area contributed by atoms with Crippen LogP contribution in [-0.4, -0.2) is 54.4 Å². The first-order chi connectivity index (χ1) is 22.6. The van der Waals surface area contributed by atoms with Crippen molar-refractivity contribution >= 4 is 38.5 Å². The zero-order valence-electron chi connectivity index (χ0n) is 25.5. The maximum Gasteiger partial charge on any atom is 0.347 e. The third kappa shape index (κ3) is 4.63. The topological polar surface area (TPSA) is 170 Å². The number of hydrogen-bond donors (Lipinski definition) is 1. The molecule has 0 spiro atoms. The Bertz CT molecular complexity index is 2310. The standard InChI is InChI=1S/C32H28BrN5O9/c1-35-22-13-26(46-3)25(45-2)12-20(22)34-19(30(35)42)7-8-36-31(43)37-9-6-16-21(38(37)32(36)44)10-17-27(23(40)11-18(33)29(17)41)28(16)24-5-4-15(14-39)47-24/h4-6,11-13,21,28,39H,7-10,14H2,1-3H3/t21-,28-/m1/s1. The molecule has 0 unspecified atom stereocenters. The minimum atomic E-state index is -0.808. The fraction of sp³-hybridized carbons (Fsp3) is 0.312. The molecule has 0 saturated carbocycles. The monoisotopic (exact) mass is 705 g/mol. The minimum Gasteiger partial charge on any atom is -0.493 e. The number of methoxy groups -OCH3 is 2. The van der Waals surface area contributed by atoms with E-state index in [2.05, 4.69) is 20.9 Å². The average molecular weight is 707 g/mol. The second kappa shape index (κ2) is 11.3. The van der Waals surface area contributed by atoms with Gasteiger partial charge < -0.3 is 23.6 Å². The number of allylic oxidation sites excluding steroid dienone is 6. The highest BCUT2D eigenvalue weighted by molar-refractivity contribution is 9.12.